The summed E-state index contributed by atoms with van der Waals surface area (Å²) in [6.45, 7) is 1.48. The quantitative estimate of drug-likeness (QED) is 0.689. The zero-order chi connectivity index (χ0) is 16.2. The molecule has 2 heterocycles. The largest absolute Gasteiger partial charge is 0.375 e. The number of nitro benzene ring substituents is 1. The highest BCUT2D eigenvalue weighted by molar-refractivity contribution is 5.62. The Balaban J connectivity index is 1.74. The number of benzene rings is 1. The number of nitrogens with one attached hydrogen (secondary N) is 1. The summed E-state index contributed by atoms with van der Waals surface area (Å²) in [7, 11) is 0. The van der Waals surface area contributed by atoms with Gasteiger partial charge in [-0.05, 0) is 31.0 Å². The van der Waals surface area contributed by atoms with Crippen molar-refractivity contribution in [3.05, 3.63) is 52.6 Å². The molecule has 8 heteroatoms. The van der Waals surface area contributed by atoms with Gasteiger partial charge in [-0.2, -0.15) is 0 Å². The highest BCUT2D eigenvalue weighted by Gasteiger charge is 2.24. The molecular formula is C15H16FN5O2. The Bertz CT molecular complexity index is 698. The third-order valence-electron chi connectivity index (χ3n) is 3.77. The third-order valence-corrected chi connectivity index (χ3v) is 3.77. The number of rotatable bonds is 4. The molecule has 0 aliphatic carbocycles. The fourth-order valence-corrected chi connectivity index (χ4v) is 2.73. The van der Waals surface area contributed by atoms with Gasteiger partial charge in [-0.25, -0.2) is 14.4 Å². The number of nitrogens with zero attached hydrogens (tertiary/aromatic N) is 4. The summed E-state index contributed by atoms with van der Waals surface area (Å²) in [5.41, 5.74) is 0.0790. The lowest BCUT2D eigenvalue weighted by molar-refractivity contribution is -0.384. The Morgan fingerprint density at radius 2 is 2.13 bits per heavy atom. The van der Waals surface area contributed by atoms with Gasteiger partial charge < -0.3 is 10.2 Å². The van der Waals surface area contributed by atoms with Gasteiger partial charge in [-0.15, -0.1) is 0 Å². The molecule has 0 unspecified atom stereocenters. The van der Waals surface area contributed by atoms with E-state index in [4.69, 9.17) is 0 Å². The molecule has 0 saturated carbocycles. The summed E-state index contributed by atoms with van der Waals surface area (Å²) < 4.78 is 13.2. The molecule has 0 bridgehead atoms. The van der Waals surface area contributed by atoms with Crippen LogP contribution in [-0.4, -0.2) is 34.0 Å². The van der Waals surface area contributed by atoms with Gasteiger partial charge in [0.1, 0.15) is 11.5 Å². The Hall–Kier alpha value is -2.77. The van der Waals surface area contributed by atoms with E-state index < -0.39 is 10.7 Å². The number of piperidine rings is 1. The third kappa shape index (κ3) is 3.53. The number of halogens is 1. The fraction of sp³-hybridized carbons (Fsp3) is 0.333. The van der Waals surface area contributed by atoms with Gasteiger partial charge >= 0.3 is 0 Å². The van der Waals surface area contributed by atoms with Gasteiger partial charge in [0, 0.05) is 31.5 Å². The van der Waals surface area contributed by atoms with Gasteiger partial charge in [0.25, 0.3) is 5.69 Å². The van der Waals surface area contributed by atoms with Crippen LogP contribution in [0.1, 0.15) is 12.8 Å². The van der Waals surface area contributed by atoms with E-state index in [-0.39, 0.29) is 11.7 Å². The molecule has 0 radical (unpaired) electrons. The highest BCUT2D eigenvalue weighted by Crippen LogP contribution is 2.27. The Labute approximate surface area is 132 Å². The SMILES string of the molecule is O=[N+]([O-])c1cc(F)ccc1N[C@H]1CCCN(c2ncccn2)C1. The molecule has 1 atom stereocenters. The maximum Gasteiger partial charge on any atom is 0.295 e. The van der Waals surface area contributed by atoms with Crippen LogP contribution in [0.2, 0.25) is 0 Å². The molecule has 23 heavy (non-hydrogen) atoms. The van der Waals surface area contributed by atoms with E-state index in [1.54, 1.807) is 18.5 Å². The zero-order valence-electron chi connectivity index (χ0n) is 12.4. The molecule has 7 nitrogen and oxygen atoms in total. The van der Waals surface area contributed by atoms with Crippen molar-refractivity contribution in [3.63, 3.8) is 0 Å². The normalized spacial score (nSPS) is 17.8. The molecule has 1 aromatic carbocycles. The lowest BCUT2D eigenvalue weighted by Crippen LogP contribution is -2.43. The van der Waals surface area contributed by atoms with Crippen molar-refractivity contribution in [2.45, 2.75) is 18.9 Å². The average molecular weight is 317 g/mol. The van der Waals surface area contributed by atoms with E-state index >= 15 is 0 Å². The lowest BCUT2D eigenvalue weighted by Gasteiger charge is -2.33. The van der Waals surface area contributed by atoms with E-state index in [0.717, 1.165) is 25.5 Å². The molecule has 1 saturated heterocycles. The molecule has 1 aliphatic rings. The summed E-state index contributed by atoms with van der Waals surface area (Å²) in [6.07, 6.45) is 5.16. The van der Waals surface area contributed by atoms with Gasteiger partial charge in [-0.3, -0.25) is 10.1 Å². The number of nitro groups is 1. The first-order valence-corrected chi connectivity index (χ1v) is 7.36. The van der Waals surface area contributed by atoms with Crippen LogP contribution in [0, 0.1) is 15.9 Å². The second-order valence-corrected chi connectivity index (χ2v) is 5.40. The van der Waals surface area contributed by atoms with Crippen molar-refractivity contribution >= 4 is 17.3 Å². The van der Waals surface area contributed by atoms with Crippen LogP contribution >= 0.6 is 0 Å². The smallest absolute Gasteiger partial charge is 0.295 e. The fourth-order valence-electron chi connectivity index (χ4n) is 2.73. The van der Waals surface area contributed by atoms with Crippen molar-refractivity contribution in [2.24, 2.45) is 0 Å². The van der Waals surface area contributed by atoms with Gasteiger partial charge in [-0.1, -0.05) is 0 Å². The topological polar surface area (TPSA) is 84.2 Å². The number of hydrogen-bond acceptors (Lipinski definition) is 6. The first-order chi connectivity index (χ1) is 11.1. The Morgan fingerprint density at radius 1 is 1.35 bits per heavy atom. The molecule has 1 fully saturated rings. The summed E-state index contributed by atoms with van der Waals surface area (Å²) in [5, 5.41) is 14.2. The predicted octanol–water partition coefficient (Wildman–Crippen LogP) is 2.60. The van der Waals surface area contributed by atoms with Crippen molar-refractivity contribution in [2.75, 3.05) is 23.3 Å². The number of aromatic nitrogens is 2. The van der Waals surface area contributed by atoms with Gasteiger partial charge in [0.15, 0.2) is 0 Å². The predicted molar refractivity (Wildman–Crippen MR) is 83.9 cm³/mol. The first kappa shape index (κ1) is 15.1. The van der Waals surface area contributed by atoms with Crippen molar-refractivity contribution in [1.29, 1.82) is 0 Å². The minimum atomic E-state index is -0.620. The molecule has 2 aromatic rings. The second kappa shape index (κ2) is 6.55. The van der Waals surface area contributed by atoms with Crippen LogP contribution < -0.4 is 10.2 Å². The maximum atomic E-state index is 13.2. The van der Waals surface area contributed by atoms with Crippen LogP contribution in [0.3, 0.4) is 0 Å². The minimum absolute atomic E-state index is 0.0108. The monoisotopic (exact) mass is 317 g/mol. The van der Waals surface area contributed by atoms with Crippen LogP contribution in [0.15, 0.2) is 36.7 Å². The van der Waals surface area contributed by atoms with Crippen LogP contribution in [0.25, 0.3) is 0 Å². The van der Waals surface area contributed by atoms with Crippen LogP contribution in [0.5, 0.6) is 0 Å². The van der Waals surface area contributed by atoms with E-state index in [1.807, 2.05) is 4.90 Å². The number of anilines is 2. The van der Waals surface area contributed by atoms with Crippen LogP contribution in [0.4, 0.5) is 21.7 Å². The summed E-state index contributed by atoms with van der Waals surface area (Å²) in [6, 6.07) is 5.33. The molecule has 0 spiro atoms. The van der Waals surface area contributed by atoms with Crippen molar-refractivity contribution in [3.8, 4) is 0 Å². The van der Waals surface area contributed by atoms with E-state index in [0.29, 0.717) is 18.2 Å². The molecule has 120 valence electrons. The van der Waals surface area contributed by atoms with Crippen LogP contribution in [-0.2, 0) is 0 Å². The lowest BCUT2D eigenvalue weighted by atomic mass is 10.1. The molecule has 1 aliphatic heterocycles. The molecule has 1 N–H and O–H groups in total. The van der Waals surface area contributed by atoms with Gasteiger partial charge in [0.05, 0.1) is 11.0 Å². The summed E-state index contributed by atoms with van der Waals surface area (Å²) in [4.78, 5) is 21.0. The molecular weight excluding hydrogens is 301 g/mol. The molecule has 1 aromatic heterocycles. The number of hydrogen-bond donors (Lipinski definition) is 1. The summed E-state index contributed by atoms with van der Waals surface area (Å²) in [5.74, 6) is 0.0258. The van der Waals surface area contributed by atoms with Crippen molar-refractivity contribution < 1.29 is 9.31 Å². The first-order valence-electron chi connectivity index (χ1n) is 7.36. The molecule has 0 amide bonds. The highest BCUT2D eigenvalue weighted by atomic mass is 19.1. The van der Waals surface area contributed by atoms with E-state index in [9.17, 15) is 14.5 Å². The zero-order valence-corrected chi connectivity index (χ0v) is 12.4. The van der Waals surface area contributed by atoms with E-state index in [2.05, 4.69) is 15.3 Å². The maximum absolute atomic E-state index is 13.2. The Morgan fingerprint density at radius 3 is 2.87 bits per heavy atom. The van der Waals surface area contributed by atoms with Gasteiger partial charge in [0.2, 0.25) is 5.95 Å². The molecule has 3 rings (SSSR count). The average Bonchev–Trinajstić information content (AvgIpc) is 2.57. The summed E-state index contributed by atoms with van der Waals surface area (Å²) >= 11 is 0. The second-order valence-electron chi connectivity index (χ2n) is 5.40. The van der Waals surface area contributed by atoms with Crippen molar-refractivity contribution in [1.82, 2.24) is 9.97 Å². The minimum Gasteiger partial charge on any atom is -0.375 e. The standard InChI is InChI=1S/C15H16FN5O2/c16-11-4-5-13(14(9-11)21(22)23)19-12-3-1-8-20(10-12)15-17-6-2-7-18-15/h2,4-7,9,12,19H,1,3,8,10H2/t12-/m0/s1. The Kier molecular flexibility index (Phi) is 4.31. The van der Waals surface area contributed by atoms with E-state index in [1.165, 1.54) is 12.1 Å².